The SMILES string of the molecule is COc1cc(/C=C(/C#N)C(=O)Nc2ccc(O)cc2)cc(Br)c1OC. The second kappa shape index (κ2) is 8.22. The minimum Gasteiger partial charge on any atom is -0.508 e. The van der Waals surface area contributed by atoms with Crippen LogP contribution in [0.5, 0.6) is 17.2 Å². The number of nitriles is 1. The highest BCUT2D eigenvalue weighted by Crippen LogP contribution is 2.36. The third kappa shape index (κ3) is 4.52. The predicted molar refractivity (Wildman–Crippen MR) is 97.6 cm³/mol. The number of hydrogen-bond donors (Lipinski definition) is 2. The Bertz CT molecular complexity index is 855. The number of ether oxygens (including phenoxy) is 2. The van der Waals surface area contributed by atoms with Gasteiger partial charge in [-0.3, -0.25) is 4.79 Å². The van der Waals surface area contributed by atoms with E-state index < -0.39 is 5.91 Å². The van der Waals surface area contributed by atoms with Crippen molar-refractivity contribution in [3.8, 4) is 23.3 Å². The number of benzene rings is 2. The van der Waals surface area contributed by atoms with Crippen molar-refractivity contribution in [1.82, 2.24) is 0 Å². The number of nitrogens with one attached hydrogen (secondary N) is 1. The average Bonchev–Trinajstić information content (AvgIpc) is 2.60. The van der Waals surface area contributed by atoms with Crippen LogP contribution in [0.15, 0.2) is 46.4 Å². The Balaban J connectivity index is 2.30. The molecule has 0 spiro atoms. The van der Waals surface area contributed by atoms with Gasteiger partial charge in [-0.2, -0.15) is 5.26 Å². The number of phenolic OH excluding ortho intramolecular Hbond substituents is 1. The molecule has 0 unspecified atom stereocenters. The van der Waals surface area contributed by atoms with E-state index in [1.165, 1.54) is 44.6 Å². The van der Waals surface area contributed by atoms with Crippen LogP contribution in [0.2, 0.25) is 0 Å². The van der Waals surface area contributed by atoms with Crippen molar-refractivity contribution in [3.63, 3.8) is 0 Å². The molecule has 0 aliphatic rings. The van der Waals surface area contributed by atoms with E-state index in [1.54, 1.807) is 12.1 Å². The van der Waals surface area contributed by atoms with Gasteiger partial charge in [-0.1, -0.05) is 0 Å². The Kier molecular flexibility index (Phi) is 6.03. The molecule has 0 atom stereocenters. The maximum Gasteiger partial charge on any atom is 0.266 e. The lowest BCUT2D eigenvalue weighted by molar-refractivity contribution is -0.112. The number of hydrogen-bond acceptors (Lipinski definition) is 5. The van der Waals surface area contributed by atoms with E-state index in [2.05, 4.69) is 21.2 Å². The molecule has 2 rings (SSSR count). The van der Waals surface area contributed by atoms with Crippen LogP contribution in [-0.2, 0) is 4.79 Å². The average molecular weight is 403 g/mol. The van der Waals surface area contributed by atoms with E-state index in [1.807, 2.05) is 6.07 Å². The van der Waals surface area contributed by atoms with E-state index in [0.29, 0.717) is 27.2 Å². The zero-order chi connectivity index (χ0) is 18.4. The third-order valence-corrected chi connectivity index (χ3v) is 3.85. The Labute approximate surface area is 153 Å². The van der Waals surface area contributed by atoms with Crippen molar-refractivity contribution in [2.75, 3.05) is 19.5 Å². The van der Waals surface area contributed by atoms with Crippen molar-refractivity contribution >= 4 is 33.6 Å². The monoisotopic (exact) mass is 402 g/mol. The topological polar surface area (TPSA) is 91.6 Å². The summed E-state index contributed by atoms with van der Waals surface area (Å²) in [4.78, 5) is 12.3. The summed E-state index contributed by atoms with van der Waals surface area (Å²) < 4.78 is 11.1. The molecule has 2 N–H and O–H groups in total. The zero-order valence-corrected chi connectivity index (χ0v) is 15.1. The predicted octanol–water partition coefficient (Wildman–Crippen LogP) is 3.72. The van der Waals surface area contributed by atoms with E-state index in [0.717, 1.165) is 0 Å². The van der Waals surface area contributed by atoms with Gasteiger partial charge in [0.25, 0.3) is 5.91 Å². The molecule has 7 heteroatoms. The second-order valence-corrected chi connectivity index (χ2v) is 5.76. The molecule has 0 bridgehead atoms. The Morgan fingerprint density at radius 3 is 2.48 bits per heavy atom. The van der Waals surface area contributed by atoms with E-state index in [9.17, 15) is 15.2 Å². The standard InChI is InChI=1S/C18H15BrN2O4/c1-24-16-9-11(8-15(19)17(16)25-2)7-12(10-20)18(23)21-13-3-5-14(22)6-4-13/h3-9,22H,1-2H3,(H,21,23)/b12-7-. The summed E-state index contributed by atoms with van der Waals surface area (Å²) in [5.74, 6) is 0.523. The van der Waals surface area contributed by atoms with E-state index >= 15 is 0 Å². The van der Waals surface area contributed by atoms with Crippen LogP contribution in [0.4, 0.5) is 5.69 Å². The minimum absolute atomic E-state index is 0.0767. The van der Waals surface area contributed by atoms with Crippen LogP contribution in [-0.4, -0.2) is 25.2 Å². The lowest BCUT2D eigenvalue weighted by Gasteiger charge is -2.10. The number of anilines is 1. The quantitative estimate of drug-likeness (QED) is 0.451. The number of carbonyl (C=O) groups excluding carboxylic acids is 1. The molecule has 0 radical (unpaired) electrons. The summed E-state index contributed by atoms with van der Waals surface area (Å²) in [7, 11) is 3.02. The largest absolute Gasteiger partial charge is 0.508 e. The van der Waals surface area contributed by atoms with Crippen LogP contribution < -0.4 is 14.8 Å². The fraction of sp³-hybridized carbons (Fsp3) is 0.111. The van der Waals surface area contributed by atoms with Gasteiger partial charge < -0.3 is 19.9 Å². The highest BCUT2D eigenvalue weighted by atomic mass is 79.9. The van der Waals surface area contributed by atoms with Crippen LogP contribution in [0, 0.1) is 11.3 Å². The normalized spacial score (nSPS) is 10.7. The van der Waals surface area contributed by atoms with Gasteiger partial charge in [-0.15, -0.1) is 0 Å². The number of aromatic hydroxyl groups is 1. The third-order valence-electron chi connectivity index (χ3n) is 3.26. The highest BCUT2D eigenvalue weighted by Gasteiger charge is 2.13. The van der Waals surface area contributed by atoms with Crippen molar-refractivity contribution in [1.29, 1.82) is 5.26 Å². The lowest BCUT2D eigenvalue weighted by Crippen LogP contribution is -2.13. The van der Waals surface area contributed by atoms with Gasteiger partial charge in [0.1, 0.15) is 17.4 Å². The number of phenols is 1. The Morgan fingerprint density at radius 1 is 1.24 bits per heavy atom. The lowest BCUT2D eigenvalue weighted by atomic mass is 10.1. The fourth-order valence-corrected chi connectivity index (χ4v) is 2.70. The number of halogens is 1. The number of rotatable bonds is 5. The van der Waals surface area contributed by atoms with Gasteiger partial charge in [0.15, 0.2) is 11.5 Å². The van der Waals surface area contributed by atoms with Crippen LogP contribution >= 0.6 is 15.9 Å². The molecule has 6 nitrogen and oxygen atoms in total. The first-order valence-corrected chi connectivity index (χ1v) is 7.91. The summed E-state index contributed by atoms with van der Waals surface area (Å²) in [6.07, 6.45) is 1.45. The number of amides is 1. The molecule has 2 aromatic rings. The molecule has 0 aromatic heterocycles. The van der Waals surface area contributed by atoms with E-state index in [-0.39, 0.29) is 11.3 Å². The second-order valence-electron chi connectivity index (χ2n) is 4.91. The van der Waals surface area contributed by atoms with Gasteiger partial charge in [0, 0.05) is 5.69 Å². The molecular formula is C18H15BrN2O4. The smallest absolute Gasteiger partial charge is 0.266 e. The van der Waals surface area contributed by atoms with Gasteiger partial charge in [-0.05, 0) is 64.0 Å². The molecule has 0 saturated heterocycles. The fourth-order valence-electron chi connectivity index (χ4n) is 2.08. The first kappa shape index (κ1) is 18.4. The molecule has 0 aliphatic carbocycles. The first-order chi connectivity index (χ1) is 12.0. The van der Waals surface area contributed by atoms with Crippen molar-refractivity contribution in [2.45, 2.75) is 0 Å². The minimum atomic E-state index is -0.556. The van der Waals surface area contributed by atoms with Gasteiger partial charge in [0.2, 0.25) is 0 Å². The molecule has 25 heavy (non-hydrogen) atoms. The van der Waals surface area contributed by atoms with Crippen LogP contribution in [0.1, 0.15) is 5.56 Å². The summed E-state index contributed by atoms with van der Waals surface area (Å²) in [5, 5.41) is 21.1. The Morgan fingerprint density at radius 2 is 1.92 bits per heavy atom. The van der Waals surface area contributed by atoms with Crippen molar-refractivity contribution in [2.24, 2.45) is 0 Å². The molecule has 0 fully saturated rings. The van der Waals surface area contributed by atoms with Gasteiger partial charge >= 0.3 is 0 Å². The molecule has 0 saturated carbocycles. The Hall–Kier alpha value is -2.98. The maximum absolute atomic E-state index is 12.3. The molecule has 2 aromatic carbocycles. The van der Waals surface area contributed by atoms with Gasteiger partial charge in [-0.25, -0.2) is 0 Å². The van der Waals surface area contributed by atoms with Gasteiger partial charge in [0.05, 0.1) is 18.7 Å². The zero-order valence-electron chi connectivity index (χ0n) is 13.5. The number of methoxy groups -OCH3 is 2. The van der Waals surface area contributed by atoms with Crippen LogP contribution in [0.25, 0.3) is 6.08 Å². The molecule has 0 aliphatic heterocycles. The first-order valence-electron chi connectivity index (χ1n) is 7.12. The van der Waals surface area contributed by atoms with Crippen molar-refractivity contribution < 1.29 is 19.4 Å². The number of nitrogens with zero attached hydrogens (tertiary/aromatic N) is 1. The molecule has 1 amide bonds. The molecule has 0 heterocycles. The summed E-state index contributed by atoms with van der Waals surface area (Å²) in [5.41, 5.74) is 0.992. The number of carbonyl (C=O) groups is 1. The van der Waals surface area contributed by atoms with Crippen molar-refractivity contribution in [3.05, 3.63) is 52.0 Å². The van der Waals surface area contributed by atoms with E-state index in [4.69, 9.17) is 9.47 Å². The molecular weight excluding hydrogens is 388 g/mol. The summed E-state index contributed by atoms with van der Waals surface area (Å²) in [6.45, 7) is 0. The highest BCUT2D eigenvalue weighted by molar-refractivity contribution is 9.10. The maximum atomic E-state index is 12.3. The molecule has 128 valence electrons. The van der Waals surface area contributed by atoms with Crippen LogP contribution in [0.3, 0.4) is 0 Å². The summed E-state index contributed by atoms with van der Waals surface area (Å²) >= 11 is 3.37. The summed E-state index contributed by atoms with van der Waals surface area (Å²) in [6, 6.07) is 11.2.